The zero-order chi connectivity index (χ0) is 15.4. The Hall–Kier alpha value is -1.54. The van der Waals surface area contributed by atoms with Gasteiger partial charge in [-0.3, -0.25) is 0 Å². The van der Waals surface area contributed by atoms with E-state index < -0.39 is 6.10 Å². The molecule has 0 saturated heterocycles. The second kappa shape index (κ2) is 6.95. The Balaban J connectivity index is 2.19. The standard InChI is InChI=1S/C16H13BrClNO2/c1-10(20)14-7-13(17)4-5-16(14)21-9-12-3-2-11(8-19)6-15(12)18/h2-7,10,20H,9H2,1H3/t10-/m1/s1. The van der Waals surface area contributed by atoms with Crippen LogP contribution in [-0.2, 0) is 6.61 Å². The fourth-order valence-electron chi connectivity index (χ4n) is 1.87. The highest BCUT2D eigenvalue weighted by Crippen LogP contribution is 2.29. The first kappa shape index (κ1) is 15.8. The van der Waals surface area contributed by atoms with Crippen LogP contribution < -0.4 is 4.74 Å². The number of aliphatic hydroxyl groups excluding tert-OH is 1. The summed E-state index contributed by atoms with van der Waals surface area (Å²) in [6, 6.07) is 12.6. The summed E-state index contributed by atoms with van der Waals surface area (Å²) in [6.07, 6.45) is -0.631. The van der Waals surface area contributed by atoms with Gasteiger partial charge in [0.05, 0.1) is 17.7 Å². The molecule has 0 aliphatic heterocycles. The van der Waals surface area contributed by atoms with Crippen molar-refractivity contribution >= 4 is 27.5 Å². The molecule has 0 heterocycles. The van der Waals surface area contributed by atoms with E-state index in [-0.39, 0.29) is 6.61 Å². The molecular formula is C16H13BrClNO2. The largest absolute Gasteiger partial charge is 0.488 e. The van der Waals surface area contributed by atoms with Crippen molar-refractivity contribution in [1.29, 1.82) is 5.26 Å². The Morgan fingerprint density at radius 1 is 1.33 bits per heavy atom. The fourth-order valence-corrected chi connectivity index (χ4v) is 2.48. The molecule has 2 aromatic rings. The van der Waals surface area contributed by atoms with Gasteiger partial charge in [-0.15, -0.1) is 0 Å². The second-order valence-electron chi connectivity index (χ2n) is 4.56. The fraction of sp³-hybridized carbons (Fsp3) is 0.188. The molecule has 3 nitrogen and oxygen atoms in total. The quantitative estimate of drug-likeness (QED) is 0.860. The van der Waals surface area contributed by atoms with Crippen molar-refractivity contribution in [1.82, 2.24) is 0 Å². The van der Waals surface area contributed by atoms with Crippen LogP contribution in [0.2, 0.25) is 5.02 Å². The van der Waals surface area contributed by atoms with Crippen molar-refractivity contribution in [2.24, 2.45) is 0 Å². The number of ether oxygens (including phenoxy) is 1. The Morgan fingerprint density at radius 2 is 2.10 bits per heavy atom. The number of benzene rings is 2. The van der Waals surface area contributed by atoms with Crippen LogP contribution in [0.3, 0.4) is 0 Å². The Bertz CT molecular complexity index is 695. The van der Waals surface area contributed by atoms with Gasteiger partial charge >= 0.3 is 0 Å². The first-order chi connectivity index (χ1) is 10.0. The predicted octanol–water partition coefficient (Wildman–Crippen LogP) is 4.61. The van der Waals surface area contributed by atoms with Crippen LogP contribution in [0.1, 0.15) is 29.7 Å². The van der Waals surface area contributed by atoms with Crippen molar-refractivity contribution in [2.75, 3.05) is 0 Å². The summed E-state index contributed by atoms with van der Waals surface area (Å²) in [5.41, 5.74) is 2.00. The van der Waals surface area contributed by atoms with E-state index in [1.165, 1.54) is 0 Å². The van der Waals surface area contributed by atoms with Gasteiger partial charge in [0.2, 0.25) is 0 Å². The number of hydrogen-bond donors (Lipinski definition) is 1. The summed E-state index contributed by atoms with van der Waals surface area (Å²) >= 11 is 9.48. The molecule has 2 aromatic carbocycles. The average Bonchev–Trinajstić information content (AvgIpc) is 2.46. The van der Waals surface area contributed by atoms with Gasteiger partial charge in [-0.25, -0.2) is 0 Å². The minimum Gasteiger partial charge on any atom is -0.488 e. The minimum absolute atomic E-state index is 0.270. The maximum Gasteiger partial charge on any atom is 0.125 e. The first-order valence-corrected chi connectivity index (χ1v) is 7.47. The molecule has 2 rings (SSSR count). The van der Waals surface area contributed by atoms with E-state index in [1.54, 1.807) is 31.2 Å². The molecule has 0 bridgehead atoms. The lowest BCUT2D eigenvalue weighted by atomic mass is 10.1. The second-order valence-corrected chi connectivity index (χ2v) is 5.89. The number of rotatable bonds is 4. The number of nitriles is 1. The summed E-state index contributed by atoms with van der Waals surface area (Å²) in [7, 11) is 0. The zero-order valence-electron chi connectivity index (χ0n) is 11.3. The van der Waals surface area contributed by atoms with Gasteiger partial charge in [0.1, 0.15) is 12.4 Å². The highest BCUT2D eigenvalue weighted by molar-refractivity contribution is 9.10. The van der Waals surface area contributed by atoms with Crippen LogP contribution in [0, 0.1) is 11.3 Å². The molecule has 0 aliphatic carbocycles. The monoisotopic (exact) mass is 365 g/mol. The van der Waals surface area contributed by atoms with E-state index in [4.69, 9.17) is 21.6 Å². The number of halogens is 2. The summed E-state index contributed by atoms with van der Waals surface area (Å²) < 4.78 is 6.62. The van der Waals surface area contributed by atoms with Gasteiger partial charge in [-0.2, -0.15) is 5.26 Å². The predicted molar refractivity (Wildman–Crippen MR) is 85.3 cm³/mol. The van der Waals surface area contributed by atoms with Crippen molar-refractivity contribution in [3.05, 3.63) is 62.6 Å². The van der Waals surface area contributed by atoms with E-state index >= 15 is 0 Å². The minimum atomic E-state index is -0.631. The third kappa shape index (κ3) is 3.98. The molecule has 1 atom stereocenters. The Labute approximate surface area is 136 Å². The molecule has 5 heteroatoms. The van der Waals surface area contributed by atoms with E-state index in [0.29, 0.717) is 21.9 Å². The molecule has 0 aromatic heterocycles. The van der Waals surface area contributed by atoms with Gasteiger partial charge in [0.15, 0.2) is 0 Å². The third-order valence-electron chi connectivity index (χ3n) is 2.99. The van der Waals surface area contributed by atoms with Gasteiger partial charge in [-0.1, -0.05) is 33.6 Å². The molecule has 0 aliphatic rings. The molecule has 0 spiro atoms. The lowest BCUT2D eigenvalue weighted by molar-refractivity contribution is 0.190. The molecule has 0 amide bonds. The van der Waals surface area contributed by atoms with E-state index in [9.17, 15) is 5.11 Å². The van der Waals surface area contributed by atoms with Crippen molar-refractivity contribution in [2.45, 2.75) is 19.6 Å². The summed E-state index contributed by atoms with van der Waals surface area (Å²) in [5.74, 6) is 0.605. The van der Waals surface area contributed by atoms with Crippen LogP contribution in [0.4, 0.5) is 0 Å². The highest BCUT2D eigenvalue weighted by Gasteiger charge is 2.11. The normalized spacial score (nSPS) is 11.8. The van der Waals surface area contributed by atoms with Gasteiger partial charge in [0.25, 0.3) is 0 Å². The Morgan fingerprint density at radius 3 is 2.71 bits per heavy atom. The molecule has 0 fully saturated rings. The smallest absolute Gasteiger partial charge is 0.125 e. The maximum atomic E-state index is 9.79. The van der Waals surface area contributed by atoms with E-state index in [1.807, 2.05) is 18.2 Å². The highest BCUT2D eigenvalue weighted by atomic mass is 79.9. The zero-order valence-corrected chi connectivity index (χ0v) is 13.6. The molecule has 0 unspecified atom stereocenters. The van der Waals surface area contributed by atoms with Crippen LogP contribution in [0.15, 0.2) is 40.9 Å². The topological polar surface area (TPSA) is 53.2 Å². The van der Waals surface area contributed by atoms with Crippen molar-refractivity contribution in [3.63, 3.8) is 0 Å². The van der Waals surface area contributed by atoms with Crippen LogP contribution in [-0.4, -0.2) is 5.11 Å². The van der Waals surface area contributed by atoms with Crippen molar-refractivity contribution in [3.8, 4) is 11.8 Å². The van der Waals surface area contributed by atoms with Crippen LogP contribution >= 0.6 is 27.5 Å². The number of hydrogen-bond acceptors (Lipinski definition) is 3. The number of aliphatic hydroxyl groups is 1. The molecular weight excluding hydrogens is 354 g/mol. The number of nitrogens with zero attached hydrogens (tertiary/aromatic N) is 1. The molecule has 21 heavy (non-hydrogen) atoms. The molecule has 0 saturated carbocycles. The summed E-state index contributed by atoms with van der Waals surface area (Å²) in [6.45, 7) is 1.95. The maximum absolute atomic E-state index is 9.79. The van der Waals surface area contributed by atoms with Crippen LogP contribution in [0.5, 0.6) is 5.75 Å². The van der Waals surface area contributed by atoms with Gasteiger partial charge < -0.3 is 9.84 Å². The van der Waals surface area contributed by atoms with Gasteiger partial charge in [-0.05, 0) is 37.3 Å². The molecule has 0 radical (unpaired) electrons. The van der Waals surface area contributed by atoms with Gasteiger partial charge in [0, 0.05) is 20.6 Å². The lowest BCUT2D eigenvalue weighted by Crippen LogP contribution is -2.01. The van der Waals surface area contributed by atoms with Crippen molar-refractivity contribution < 1.29 is 9.84 Å². The summed E-state index contributed by atoms with van der Waals surface area (Å²) in [5, 5.41) is 19.1. The lowest BCUT2D eigenvalue weighted by Gasteiger charge is -2.14. The molecule has 1 N–H and O–H groups in total. The Kier molecular flexibility index (Phi) is 5.24. The summed E-state index contributed by atoms with van der Waals surface area (Å²) in [4.78, 5) is 0. The molecule has 108 valence electrons. The first-order valence-electron chi connectivity index (χ1n) is 6.30. The van der Waals surface area contributed by atoms with E-state index in [2.05, 4.69) is 15.9 Å². The third-order valence-corrected chi connectivity index (χ3v) is 3.83. The van der Waals surface area contributed by atoms with E-state index in [0.717, 1.165) is 10.0 Å². The average molecular weight is 367 g/mol. The SMILES string of the molecule is C[C@@H](O)c1cc(Br)ccc1OCc1ccc(C#N)cc1Cl. The van der Waals surface area contributed by atoms with Crippen LogP contribution in [0.25, 0.3) is 0 Å².